The topological polar surface area (TPSA) is 24.9 Å². The van der Waals surface area contributed by atoms with Crippen LogP contribution in [0.1, 0.15) is 55.8 Å². The van der Waals surface area contributed by atoms with E-state index in [4.69, 9.17) is 0 Å². The van der Waals surface area contributed by atoms with Crippen molar-refractivity contribution < 1.29 is 0 Å². The quantitative estimate of drug-likeness (QED) is 0.811. The third-order valence-corrected chi connectivity index (χ3v) is 3.72. The molecule has 3 heteroatoms. The minimum absolute atomic E-state index is 0.529. The molecule has 2 rings (SSSR count). The molecule has 1 unspecified atom stereocenters. The van der Waals surface area contributed by atoms with Gasteiger partial charge in [-0.05, 0) is 25.3 Å². The first-order valence-electron chi connectivity index (χ1n) is 5.46. The lowest BCUT2D eigenvalue weighted by Crippen LogP contribution is -2.26. The fourth-order valence-electron chi connectivity index (χ4n) is 1.79. The van der Waals surface area contributed by atoms with Gasteiger partial charge >= 0.3 is 0 Å². The van der Waals surface area contributed by atoms with Crippen molar-refractivity contribution in [2.45, 2.75) is 45.1 Å². The Hall–Kier alpha value is -0.410. The second-order valence-corrected chi connectivity index (χ2v) is 5.16. The smallest absolute Gasteiger partial charge is 0.110 e. The van der Waals surface area contributed by atoms with Crippen LogP contribution in [0.3, 0.4) is 0 Å². The van der Waals surface area contributed by atoms with Crippen molar-refractivity contribution in [2.24, 2.45) is 0 Å². The van der Waals surface area contributed by atoms with E-state index in [-0.39, 0.29) is 0 Å². The molecule has 1 fully saturated rings. The highest BCUT2D eigenvalue weighted by Crippen LogP contribution is 2.27. The molecule has 1 aliphatic heterocycles. The number of aromatic nitrogens is 1. The Morgan fingerprint density at radius 2 is 2.36 bits per heavy atom. The number of hydrogen-bond acceptors (Lipinski definition) is 3. The van der Waals surface area contributed by atoms with Gasteiger partial charge in [-0.1, -0.05) is 20.3 Å². The Labute approximate surface area is 89.8 Å². The molecule has 0 bridgehead atoms. The molecule has 1 aromatic heterocycles. The van der Waals surface area contributed by atoms with E-state index in [0.717, 1.165) is 6.54 Å². The van der Waals surface area contributed by atoms with Gasteiger partial charge in [0.1, 0.15) is 5.01 Å². The number of thiazole rings is 1. The Bertz CT molecular complexity index is 287. The van der Waals surface area contributed by atoms with Crippen molar-refractivity contribution in [1.29, 1.82) is 0 Å². The van der Waals surface area contributed by atoms with Crippen LogP contribution in [0.25, 0.3) is 0 Å². The minimum atomic E-state index is 0.529. The maximum atomic E-state index is 4.69. The van der Waals surface area contributed by atoms with Gasteiger partial charge in [0.25, 0.3) is 0 Å². The number of hydrogen-bond donors (Lipinski definition) is 1. The van der Waals surface area contributed by atoms with Crippen molar-refractivity contribution in [1.82, 2.24) is 10.3 Å². The molecule has 0 saturated carbocycles. The molecule has 2 heterocycles. The minimum Gasteiger partial charge on any atom is -0.308 e. The van der Waals surface area contributed by atoms with Gasteiger partial charge in [0.05, 0.1) is 11.7 Å². The maximum Gasteiger partial charge on any atom is 0.110 e. The van der Waals surface area contributed by atoms with E-state index < -0.39 is 0 Å². The molecule has 0 aromatic carbocycles. The normalized spacial score (nSPS) is 22.9. The lowest BCUT2D eigenvalue weighted by molar-refractivity contribution is 0.410. The summed E-state index contributed by atoms with van der Waals surface area (Å²) >= 11 is 1.81. The molecule has 1 aromatic rings. The van der Waals surface area contributed by atoms with E-state index in [1.54, 1.807) is 0 Å². The lowest BCUT2D eigenvalue weighted by Gasteiger charge is -2.21. The second kappa shape index (κ2) is 4.41. The molecule has 1 atom stereocenters. The van der Waals surface area contributed by atoms with Gasteiger partial charge < -0.3 is 5.32 Å². The van der Waals surface area contributed by atoms with E-state index in [1.165, 1.54) is 30.0 Å². The largest absolute Gasteiger partial charge is 0.308 e. The molecular weight excluding hydrogens is 192 g/mol. The Morgan fingerprint density at radius 3 is 2.93 bits per heavy atom. The van der Waals surface area contributed by atoms with Gasteiger partial charge in [-0.3, -0.25) is 0 Å². The highest BCUT2D eigenvalue weighted by atomic mass is 32.1. The molecule has 14 heavy (non-hydrogen) atoms. The zero-order valence-corrected chi connectivity index (χ0v) is 9.73. The van der Waals surface area contributed by atoms with Crippen LogP contribution in [0.15, 0.2) is 5.38 Å². The average molecular weight is 210 g/mol. The maximum absolute atomic E-state index is 4.69. The zero-order valence-electron chi connectivity index (χ0n) is 8.92. The average Bonchev–Trinajstić information content (AvgIpc) is 2.68. The monoisotopic (exact) mass is 210 g/mol. The summed E-state index contributed by atoms with van der Waals surface area (Å²) in [4.78, 5) is 4.69. The molecule has 1 N–H and O–H groups in total. The molecule has 78 valence electrons. The summed E-state index contributed by atoms with van der Waals surface area (Å²) in [5.41, 5.74) is 1.25. The third kappa shape index (κ3) is 2.15. The van der Waals surface area contributed by atoms with E-state index in [1.807, 2.05) is 11.3 Å². The van der Waals surface area contributed by atoms with Crippen molar-refractivity contribution in [3.05, 3.63) is 16.1 Å². The number of nitrogens with one attached hydrogen (secondary N) is 1. The van der Waals surface area contributed by atoms with Crippen LogP contribution in [0, 0.1) is 0 Å². The van der Waals surface area contributed by atoms with Crippen molar-refractivity contribution >= 4 is 11.3 Å². The second-order valence-electron chi connectivity index (χ2n) is 4.27. The van der Waals surface area contributed by atoms with Crippen LogP contribution in [0.2, 0.25) is 0 Å². The lowest BCUT2D eigenvalue weighted by atomic mass is 10.1. The summed E-state index contributed by atoms with van der Waals surface area (Å²) in [6.07, 6.45) is 3.91. The predicted octanol–water partition coefficient (Wildman–Crippen LogP) is 3.08. The van der Waals surface area contributed by atoms with Gasteiger partial charge in [-0.2, -0.15) is 0 Å². The summed E-state index contributed by atoms with van der Waals surface area (Å²) in [5.74, 6) is 0.559. The van der Waals surface area contributed by atoms with Crippen LogP contribution in [0.4, 0.5) is 0 Å². The summed E-state index contributed by atoms with van der Waals surface area (Å²) < 4.78 is 0. The summed E-state index contributed by atoms with van der Waals surface area (Å²) in [5, 5.41) is 7.03. The van der Waals surface area contributed by atoms with E-state index in [9.17, 15) is 0 Å². The molecule has 0 aliphatic carbocycles. The first-order chi connectivity index (χ1) is 6.77. The Morgan fingerprint density at radius 1 is 1.50 bits per heavy atom. The highest BCUT2D eigenvalue weighted by molar-refractivity contribution is 7.09. The fourth-order valence-corrected chi connectivity index (χ4v) is 2.88. The van der Waals surface area contributed by atoms with Crippen molar-refractivity contribution in [3.63, 3.8) is 0 Å². The molecule has 0 radical (unpaired) electrons. The van der Waals surface area contributed by atoms with Gasteiger partial charge in [-0.25, -0.2) is 4.98 Å². The first-order valence-corrected chi connectivity index (χ1v) is 6.34. The van der Waals surface area contributed by atoms with Gasteiger partial charge in [0.2, 0.25) is 0 Å². The van der Waals surface area contributed by atoms with Crippen LogP contribution >= 0.6 is 11.3 Å². The van der Waals surface area contributed by atoms with Crippen LogP contribution in [0.5, 0.6) is 0 Å². The Balaban J connectivity index is 2.07. The zero-order chi connectivity index (χ0) is 9.97. The third-order valence-electron chi connectivity index (χ3n) is 2.74. The number of nitrogens with zero attached hydrogens (tertiary/aromatic N) is 1. The van der Waals surface area contributed by atoms with Gasteiger partial charge in [0.15, 0.2) is 0 Å². The molecule has 1 aliphatic rings. The van der Waals surface area contributed by atoms with E-state index in [0.29, 0.717) is 12.0 Å². The summed E-state index contributed by atoms with van der Waals surface area (Å²) in [6, 6.07) is 0.529. The molecule has 0 amide bonds. The van der Waals surface area contributed by atoms with Crippen molar-refractivity contribution in [3.8, 4) is 0 Å². The van der Waals surface area contributed by atoms with E-state index in [2.05, 4.69) is 29.5 Å². The molecular formula is C11H18N2S. The molecule has 1 saturated heterocycles. The van der Waals surface area contributed by atoms with Crippen LogP contribution in [-0.4, -0.2) is 11.5 Å². The van der Waals surface area contributed by atoms with Crippen molar-refractivity contribution in [2.75, 3.05) is 6.54 Å². The fraction of sp³-hybridized carbons (Fsp3) is 0.727. The SMILES string of the molecule is CC(C)c1csc(C2CCCCN2)n1. The van der Waals surface area contributed by atoms with Crippen LogP contribution < -0.4 is 5.32 Å². The Kier molecular flexibility index (Phi) is 3.19. The molecule has 0 spiro atoms. The van der Waals surface area contributed by atoms with Gasteiger partial charge in [0, 0.05) is 5.38 Å². The standard InChI is InChI=1S/C11H18N2S/c1-8(2)10-7-14-11(13-10)9-5-3-4-6-12-9/h7-9,12H,3-6H2,1-2H3. The van der Waals surface area contributed by atoms with E-state index >= 15 is 0 Å². The number of rotatable bonds is 2. The number of piperidine rings is 1. The van der Waals surface area contributed by atoms with Crippen LogP contribution in [-0.2, 0) is 0 Å². The summed E-state index contributed by atoms with van der Waals surface area (Å²) in [7, 11) is 0. The molecule has 2 nitrogen and oxygen atoms in total. The predicted molar refractivity (Wildman–Crippen MR) is 60.8 cm³/mol. The highest BCUT2D eigenvalue weighted by Gasteiger charge is 2.18. The first kappa shape index (κ1) is 10.1. The summed E-state index contributed by atoms with van der Waals surface area (Å²) in [6.45, 7) is 5.56. The van der Waals surface area contributed by atoms with Gasteiger partial charge in [-0.15, -0.1) is 11.3 Å².